The van der Waals surface area contributed by atoms with E-state index in [2.05, 4.69) is 20.9 Å². The van der Waals surface area contributed by atoms with E-state index < -0.39 is 59.7 Å². The van der Waals surface area contributed by atoms with Crippen molar-refractivity contribution in [2.75, 3.05) is 6.54 Å². The standard InChI is InChI=1S/C19H35N9O7/c1-9(26-16(32)10(20)4-6-13(21)29)15(31)27-11(3-2-8-25-19(23)24)17(33)28-12(18(34)35)5-7-14(22)30/h9-12H,2-8,20H2,1H3,(H2,21,29)(H2,22,30)(H,26,32)(H,27,31)(H,28,33)(H,34,35)(H4,23,24,25). The number of guanidine groups is 1. The molecule has 0 spiro atoms. The summed E-state index contributed by atoms with van der Waals surface area (Å²) in [6, 6.07) is -4.85. The molecule has 0 saturated heterocycles. The van der Waals surface area contributed by atoms with Crippen LogP contribution in [0.1, 0.15) is 45.4 Å². The van der Waals surface area contributed by atoms with Crippen molar-refractivity contribution in [1.82, 2.24) is 16.0 Å². The summed E-state index contributed by atoms with van der Waals surface area (Å²) in [5, 5.41) is 16.4. The molecule has 14 N–H and O–H groups in total. The Morgan fingerprint density at radius 1 is 0.771 bits per heavy atom. The zero-order valence-electron chi connectivity index (χ0n) is 19.5. The van der Waals surface area contributed by atoms with Gasteiger partial charge in [0.25, 0.3) is 0 Å². The van der Waals surface area contributed by atoms with Crippen LogP contribution in [-0.2, 0) is 28.8 Å². The highest BCUT2D eigenvalue weighted by Gasteiger charge is 2.28. The van der Waals surface area contributed by atoms with Gasteiger partial charge in [0.1, 0.15) is 18.1 Å². The van der Waals surface area contributed by atoms with E-state index in [4.69, 9.17) is 28.7 Å². The Morgan fingerprint density at radius 3 is 1.83 bits per heavy atom. The predicted octanol–water partition coefficient (Wildman–Crippen LogP) is -4.54. The summed E-state index contributed by atoms with van der Waals surface area (Å²) in [5.41, 5.74) is 26.2. The number of carbonyl (C=O) groups excluding carboxylic acids is 5. The molecule has 0 aliphatic heterocycles. The molecule has 4 unspecified atom stereocenters. The highest BCUT2D eigenvalue weighted by atomic mass is 16.4. The molecule has 4 atom stereocenters. The number of nitrogens with two attached hydrogens (primary N) is 5. The topological polar surface area (TPSA) is 301 Å². The molecular formula is C19H35N9O7. The van der Waals surface area contributed by atoms with Crippen molar-refractivity contribution in [2.24, 2.45) is 33.7 Å². The zero-order valence-corrected chi connectivity index (χ0v) is 19.5. The van der Waals surface area contributed by atoms with Crippen molar-refractivity contribution in [1.29, 1.82) is 0 Å². The third-order valence-electron chi connectivity index (χ3n) is 4.66. The zero-order chi connectivity index (χ0) is 27.1. The minimum Gasteiger partial charge on any atom is -0.480 e. The van der Waals surface area contributed by atoms with Gasteiger partial charge in [0.05, 0.1) is 6.04 Å². The minimum absolute atomic E-state index is 0.0206. The maximum atomic E-state index is 12.7. The Balaban J connectivity index is 5.25. The lowest BCUT2D eigenvalue weighted by atomic mass is 10.1. The van der Waals surface area contributed by atoms with E-state index in [1.54, 1.807) is 0 Å². The number of amides is 5. The quantitative estimate of drug-likeness (QED) is 0.0522. The maximum Gasteiger partial charge on any atom is 0.326 e. The third kappa shape index (κ3) is 14.0. The molecule has 0 aliphatic rings. The summed E-state index contributed by atoms with van der Waals surface area (Å²) in [6.45, 7) is 1.47. The SMILES string of the molecule is CC(NC(=O)C(N)CCC(N)=O)C(=O)NC(CCCN=C(N)N)C(=O)NC(CCC(N)=O)C(=O)O. The number of nitrogens with zero attached hydrogens (tertiary/aromatic N) is 1. The van der Waals surface area contributed by atoms with Gasteiger partial charge in [-0.2, -0.15) is 0 Å². The normalized spacial score (nSPS) is 13.9. The molecule has 0 bridgehead atoms. The second kappa shape index (κ2) is 15.8. The number of carboxylic acid groups (broad SMARTS) is 1. The van der Waals surface area contributed by atoms with Crippen molar-refractivity contribution in [3.63, 3.8) is 0 Å². The van der Waals surface area contributed by atoms with Gasteiger partial charge in [-0.05, 0) is 32.6 Å². The van der Waals surface area contributed by atoms with Gasteiger partial charge in [0.15, 0.2) is 5.96 Å². The van der Waals surface area contributed by atoms with Crippen LogP contribution in [0.15, 0.2) is 4.99 Å². The lowest BCUT2D eigenvalue weighted by Gasteiger charge is -2.23. The van der Waals surface area contributed by atoms with Gasteiger partial charge >= 0.3 is 5.97 Å². The second-order valence-electron chi connectivity index (χ2n) is 7.76. The van der Waals surface area contributed by atoms with E-state index in [0.29, 0.717) is 0 Å². The number of carboxylic acids is 1. The first kappa shape index (κ1) is 31.0. The molecule has 198 valence electrons. The summed E-state index contributed by atoms with van der Waals surface area (Å²) in [7, 11) is 0. The van der Waals surface area contributed by atoms with Gasteiger partial charge in [0, 0.05) is 19.4 Å². The number of aliphatic imine (C=N–C) groups is 1. The molecule has 0 heterocycles. The summed E-state index contributed by atoms with van der Waals surface area (Å²) < 4.78 is 0. The van der Waals surface area contributed by atoms with Crippen LogP contribution in [0.4, 0.5) is 0 Å². The average molecular weight is 502 g/mol. The van der Waals surface area contributed by atoms with Gasteiger partial charge in [-0.25, -0.2) is 4.79 Å². The Kier molecular flexibility index (Phi) is 14.0. The highest BCUT2D eigenvalue weighted by Crippen LogP contribution is 2.04. The van der Waals surface area contributed by atoms with Gasteiger partial charge in [-0.3, -0.25) is 29.0 Å². The predicted molar refractivity (Wildman–Crippen MR) is 124 cm³/mol. The largest absolute Gasteiger partial charge is 0.480 e. The number of hydrogen-bond acceptors (Lipinski definition) is 8. The van der Waals surface area contributed by atoms with Crippen molar-refractivity contribution >= 4 is 41.5 Å². The number of hydrogen-bond donors (Lipinski definition) is 9. The number of primary amides is 2. The average Bonchev–Trinajstić information content (AvgIpc) is 2.75. The molecule has 0 saturated carbocycles. The smallest absolute Gasteiger partial charge is 0.326 e. The molecule has 0 aromatic heterocycles. The molecule has 0 rings (SSSR count). The van der Waals surface area contributed by atoms with Crippen molar-refractivity contribution < 1.29 is 33.9 Å². The fourth-order valence-electron chi connectivity index (χ4n) is 2.70. The monoisotopic (exact) mass is 501 g/mol. The van der Waals surface area contributed by atoms with Gasteiger partial charge < -0.3 is 49.7 Å². The Hall–Kier alpha value is -3.95. The molecule has 16 nitrogen and oxygen atoms in total. The summed E-state index contributed by atoms with van der Waals surface area (Å²) in [6.07, 6.45) is -0.400. The molecule has 35 heavy (non-hydrogen) atoms. The van der Waals surface area contributed by atoms with E-state index in [-0.39, 0.29) is 51.0 Å². The second-order valence-corrected chi connectivity index (χ2v) is 7.76. The van der Waals surface area contributed by atoms with Gasteiger partial charge in [-0.15, -0.1) is 0 Å². The van der Waals surface area contributed by atoms with Crippen LogP contribution in [0.5, 0.6) is 0 Å². The Bertz CT molecular complexity index is 814. The van der Waals surface area contributed by atoms with Gasteiger partial charge in [0.2, 0.25) is 29.5 Å². The Labute approximate surface area is 201 Å². The number of carbonyl (C=O) groups is 6. The molecule has 0 fully saturated rings. The molecule has 0 aromatic rings. The van der Waals surface area contributed by atoms with Crippen LogP contribution in [0.25, 0.3) is 0 Å². The molecule has 0 aromatic carbocycles. The molecule has 0 radical (unpaired) electrons. The van der Waals surface area contributed by atoms with E-state index in [9.17, 15) is 33.9 Å². The summed E-state index contributed by atoms with van der Waals surface area (Å²) >= 11 is 0. The highest BCUT2D eigenvalue weighted by molar-refractivity contribution is 5.94. The van der Waals surface area contributed by atoms with Crippen LogP contribution in [0.3, 0.4) is 0 Å². The first-order valence-electron chi connectivity index (χ1n) is 10.8. The van der Waals surface area contributed by atoms with E-state index in [1.165, 1.54) is 6.92 Å². The van der Waals surface area contributed by atoms with Crippen LogP contribution in [0, 0.1) is 0 Å². The maximum absolute atomic E-state index is 12.7. The fourth-order valence-corrected chi connectivity index (χ4v) is 2.70. The van der Waals surface area contributed by atoms with Crippen molar-refractivity contribution in [2.45, 2.75) is 69.6 Å². The van der Waals surface area contributed by atoms with Gasteiger partial charge in [-0.1, -0.05) is 0 Å². The van der Waals surface area contributed by atoms with Crippen molar-refractivity contribution in [3.8, 4) is 0 Å². The van der Waals surface area contributed by atoms with E-state index in [1.807, 2.05) is 0 Å². The van der Waals surface area contributed by atoms with Crippen LogP contribution in [0.2, 0.25) is 0 Å². The number of aliphatic carboxylic acids is 1. The lowest BCUT2D eigenvalue weighted by molar-refractivity contribution is -0.142. The molecule has 0 aliphatic carbocycles. The van der Waals surface area contributed by atoms with Crippen LogP contribution in [-0.4, -0.2) is 77.3 Å². The first-order valence-corrected chi connectivity index (χ1v) is 10.8. The third-order valence-corrected chi connectivity index (χ3v) is 4.66. The summed E-state index contributed by atoms with van der Waals surface area (Å²) in [5.74, 6) is -5.24. The number of rotatable bonds is 17. The first-order chi connectivity index (χ1) is 16.2. The van der Waals surface area contributed by atoms with Crippen LogP contribution < -0.4 is 44.6 Å². The summed E-state index contributed by atoms with van der Waals surface area (Å²) in [4.78, 5) is 74.4. The van der Waals surface area contributed by atoms with Crippen molar-refractivity contribution in [3.05, 3.63) is 0 Å². The lowest BCUT2D eigenvalue weighted by Crippen LogP contribution is -2.56. The molecule has 5 amide bonds. The molecular weight excluding hydrogens is 466 g/mol. The van der Waals surface area contributed by atoms with E-state index in [0.717, 1.165) is 0 Å². The molecule has 16 heteroatoms. The Morgan fingerprint density at radius 2 is 1.31 bits per heavy atom. The van der Waals surface area contributed by atoms with E-state index >= 15 is 0 Å². The number of nitrogens with one attached hydrogen (secondary N) is 3. The fraction of sp³-hybridized carbons (Fsp3) is 0.632. The minimum atomic E-state index is -1.42. The van der Waals surface area contributed by atoms with Crippen LogP contribution >= 0.6 is 0 Å².